The summed E-state index contributed by atoms with van der Waals surface area (Å²) in [7, 11) is 0. The predicted octanol–water partition coefficient (Wildman–Crippen LogP) is 1.63. The fourth-order valence-electron chi connectivity index (χ4n) is 4.77. The fraction of sp³-hybridized carbons (Fsp3) is 0.824. The number of piperazine rings is 1. The van der Waals surface area contributed by atoms with Crippen LogP contribution in [0.15, 0.2) is 0 Å². The highest BCUT2D eigenvalue weighted by molar-refractivity contribution is 5.99. The highest BCUT2D eigenvalue weighted by atomic mass is 16.4. The minimum atomic E-state index is -1.01. The van der Waals surface area contributed by atoms with Crippen LogP contribution in [-0.2, 0) is 14.4 Å². The number of nitrogens with zero attached hydrogens (tertiary/aromatic N) is 2. The monoisotopic (exact) mass is 322 g/mol. The normalized spacial score (nSPS) is 35.0. The second-order valence-electron chi connectivity index (χ2n) is 7.17. The van der Waals surface area contributed by atoms with Crippen LogP contribution in [0.5, 0.6) is 0 Å². The van der Waals surface area contributed by atoms with Gasteiger partial charge in [-0.05, 0) is 38.5 Å². The lowest BCUT2D eigenvalue weighted by atomic mass is 9.85. The van der Waals surface area contributed by atoms with E-state index < -0.39 is 24.1 Å². The maximum atomic E-state index is 13.0. The Labute approximate surface area is 136 Å². The molecule has 0 aromatic carbocycles. The van der Waals surface area contributed by atoms with Gasteiger partial charge in [-0.25, -0.2) is 4.79 Å². The minimum absolute atomic E-state index is 0.0636. The minimum Gasteiger partial charge on any atom is -0.480 e. The van der Waals surface area contributed by atoms with E-state index >= 15 is 0 Å². The van der Waals surface area contributed by atoms with Gasteiger partial charge in [-0.2, -0.15) is 0 Å². The molecule has 0 spiro atoms. The van der Waals surface area contributed by atoms with E-state index in [0.717, 1.165) is 25.7 Å². The van der Waals surface area contributed by atoms with Gasteiger partial charge in [0.05, 0.1) is 0 Å². The first kappa shape index (κ1) is 16.3. The van der Waals surface area contributed by atoms with E-state index in [1.54, 1.807) is 11.8 Å². The van der Waals surface area contributed by atoms with Crippen molar-refractivity contribution in [3.63, 3.8) is 0 Å². The summed E-state index contributed by atoms with van der Waals surface area (Å²) in [5.74, 6) is -0.828. The molecule has 0 bridgehead atoms. The van der Waals surface area contributed by atoms with Crippen molar-refractivity contribution in [2.24, 2.45) is 5.92 Å². The molecule has 2 saturated heterocycles. The highest BCUT2D eigenvalue weighted by Gasteiger charge is 2.55. The Morgan fingerprint density at radius 1 is 1.26 bits per heavy atom. The number of amides is 2. The SMILES string of the molecule is CCC[C@H](C(=O)O)N1C(=O)[C@H]2C[C@@H]3CCCC[C@@H]3N2C(=O)[C@@H]1C. The molecule has 3 fully saturated rings. The van der Waals surface area contributed by atoms with Crippen molar-refractivity contribution in [1.29, 1.82) is 0 Å². The first-order valence-corrected chi connectivity index (χ1v) is 8.84. The number of carboxylic acids is 1. The van der Waals surface area contributed by atoms with Gasteiger partial charge in [0.2, 0.25) is 11.8 Å². The molecule has 128 valence electrons. The summed E-state index contributed by atoms with van der Waals surface area (Å²) < 4.78 is 0. The Balaban J connectivity index is 1.90. The molecule has 2 aliphatic heterocycles. The third kappa shape index (κ3) is 2.52. The number of fused-ring (bicyclic) bond motifs is 3. The van der Waals surface area contributed by atoms with Crippen molar-refractivity contribution >= 4 is 17.8 Å². The Morgan fingerprint density at radius 3 is 2.61 bits per heavy atom. The summed E-state index contributed by atoms with van der Waals surface area (Å²) in [6, 6.07) is -1.82. The lowest BCUT2D eigenvalue weighted by Crippen LogP contribution is -2.66. The molecule has 3 rings (SSSR count). The molecule has 3 aliphatic rings. The van der Waals surface area contributed by atoms with E-state index in [0.29, 0.717) is 25.2 Å². The average Bonchev–Trinajstić information content (AvgIpc) is 2.91. The second kappa shape index (κ2) is 6.13. The van der Waals surface area contributed by atoms with Gasteiger partial charge in [0, 0.05) is 6.04 Å². The van der Waals surface area contributed by atoms with E-state index in [1.165, 1.54) is 4.90 Å². The molecule has 6 nitrogen and oxygen atoms in total. The molecule has 1 N–H and O–H groups in total. The van der Waals surface area contributed by atoms with Crippen LogP contribution in [-0.4, -0.2) is 56.9 Å². The average molecular weight is 322 g/mol. The molecule has 0 aromatic rings. The highest BCUT2D eigenvalue weighted by Crippen LogP contribution is 2.43. The van der Waals surface area contributed by atoms with Crippen LogP contribution in [0.2, 0.25) is 0 Å². The van der Waals surface area contributed by atoms with E-state index in [1.807, 2.05) is 6.92 Å². The Bertz CT molecular complexity index is 521. The van der Waals surface area contributed by atoms with Gasteiger partial charge in [0.25, 0.3) is 0 Å². The van der Waals surface area contributed by atoms with Crippen LogP contribution in [0.1, 0.15) is 58.8 Å². The van der Waals surface area contributed by atoms with Gasteiger partial charge < -0.3 is 14.9 Å². The van der Waals surface area contributed by atoms with Gasteiger partial charge in [0.15, 0.2) is 0 Å². The van der Waals surface area contributed by atoms with E-state index in [4.69, 9.17) is 0 Å². The first-order valence-electron chi connectivity index (χ1n) is 8.84. The van der Waals surface area contributed by atoms with Crippen LogP contribution in [0.3, 0.4) is 0 Å². The van der Waals surface area contributed by atoms with Gasteiger partial charge in [0.1, 0.15) is 18.1 Å². The predicted molar refractivity (Wildman–Crippen MR) is 83.6 cm³/mol. The molecule has 1 saturated carbocycles. The maximum absolute atomic E-state index is 13.0. The van der Waals surface area contributed by atoms with Crippen molar-refractivity contribution in [3.8, 4) is 0 Å². The summed E-state index contributed by atoms with van der Waals surface area (Å²) in [5, 5.41) is 9.51. The molecule has 5 atom stereocenters. The third-order valence-corrected chi connectivity index (χ3v) is 5.84. The summed E-state index contributed by atoms with van der Waals surface area (Å²) in [6.45, 7) is 3.57. The van der Waals surface area contributed by atoms with Crippen LogP contribution in [0.4, 0.5) is 0 Å². The summed E-state index contributed by atoms with van der Waals surface area (Å²) in [4.78, 5) is 40.7. The van der Waals surface area contributed by atoms with Crippen LogP contribution in [0.25, 0.3) is 0 Å². The third-order valence-electron chi connectivity index (χ3n) is 5.84. The number of carbonyl (C=O) groups excluding carboxylic acids is 2. The van der Waals surface area contributed by atoms with Gasteiger partial charge in [-0.3, -0.25) is 9.59 Å². The summed E-state index contributed by atoms with van der Waals surface area (Å²) >= 11 is 0. The number of carboxylic acid groups (broad SMARTS) is 1. The molecular formula is C17H26N2O4. The summed E-state index contributed by atoms with van der Waals surface area (Å²) in [5.41, 5.74) is 0. The van der Waals surface area contributed by atoms with Crippen LogP contribution < -0.4 is 0 Å². The van der Waals surface area contributed by atoms with Gasteiger partial charge in [-0.15, -0.1) is 0 Å². The zero-order valence-electron chi connectivity index (χ0n) is 13.9. The van der Waals surface area contributed by atoms with Crippen molar-refractivity contribution in [3.05, 3.63) is 0 Å². The molecule has 2 heterocycles. The maximum Gasteiger partial charge on any atom is 0.326 e. The quantitative estimate of drug-likeness (QED) is 0.853. The van der Waals surface area contributed by atoms with Gasteiger partial charge >= 0.3 is 5.97 Å². The van der Waals surface area contributed by atoms with Crippen LogP contribution >= 0.6 is 0 Å². The Kier molecular flexibility index (Phi) is 4.34. The molecule has 1 aliphatic carbocycles. The summed E-state index contributed by atoms with van der Waals surface area (Å²) in [6.07, 6.45) is 6.08. The number of hydrogen-bond acceptors (Lipinski definition) is 3. The molecule has 23 heavy (non-hydrogen) atoms. The molecule has 0 aromatic heterocycles. The molecule has 6 heteroatoms. The van der Waals surface area contributed by atoms with Gasteiger partial charge in [-0.1, -0.05) is 26.2 Å². The van der Waals surface area contributed by atoms with Crippen molar-refractivity contribution in [1.82, 2.24) is 9.80 Å². The number of aliphatic carboxylic acids is 1. The van der Waals surface area contributed by atoms with E-state index in [-0.39, 0.29) is 17.9 Å². The number of hydrogen-bond donors (Lipinski definition) is 1. The molecular weight excluding hydrogens is 296 g/mol. The molecule has 2 amide bonds. The lowest BCUT2D eigenvalue weighted by Gasteiger charge is -2.45. The number of carbonyl (C=O) groups is 3. The van der Waals surface area contributed by atoms with E-state index in [9.17, 15) is 19.5 Å². The largest absolute Gasteiger partial charge is 0.480 e. The zero-order valence-corrected chi connectivity index (χ0v) is 13.9. The topological polar surface area (TPSA) is 77.9 Å². The number of rotatable bonds is 4. The van der Waals surface area contributed by atoms with E-state index in [2.05, 4.69) is 0 Å². The smallest absolute Gasteiger partial charge is 0.326 e. The van der Waals surface area contributed by atoms with Crippen LogP contribution in [0, 0.1) is 5.92 Å². The second-order valence-corrected chi connectivity index (χ2v) is 7.17. The molecule has 0 unspecified atom stereocenters. The fourth-order valence-corrected chi connectivity index (χ4v) is 4.77. The zero-order chi connectivity index (χ0) is 16.7. The molecule has 0 radical (unpaired) electrons. The van der Waals surface area contributed by atoms with Crippen molar-refractivity contribution < 1.29 is 19.5 Å². The van der Waals surface area contributed by atoms with Crippen molar-refractivity contribution in [2.45, 2.75) is 83.0 Å². The lowest BCUT2D eigenvalue weighted by molar-refractivity contribution is -0.168. The standard InChI is InChI=1S/C17H26N2O4/c1-3-6-13(17(22)23)18-10(2)15(20)19-12-8-5-4-7-11(12)9-14(19)16(18)21/h10-14H,3-9H2,1-2H3,(H,22,23)/t10-,11-,12-,13+,14+/m0/s1. The first-order chi connectivity index (χ1) is 11.0. The Hall–Kier alpha value is -1.59. The van der Waals surface area contributed by atoms with Crippen molar-refractivity contribution in [2.75, 3.05) is 0 Å². The Morgan fingerprint density at radius 2 is 1.96 bits per heavy atom.